The maximum Gasteiger partial charge on any atom is 0.459 e. The Kier molecular flexibility index (Phi) is 9.88. The molecule has 1 aliphatic rings. The van der Waals surface area contributed by atoms with E-state index in [1.807, 2.05) is 0 Å². The molecule has 2 aromatic rings. The van der Waals surface area contributed by atoms with E-state index < -0.39 is 62.3 Å². The third kappa shape index (κ3) is 7.65. The number of para-hydroxylation sites is 1. The Balaban J connectivity index is 1.78. The van der Waals surface area contributed by atoms with E-state index in [1.165, 1.54) is 31.3 Å². The summed E-state index contributed by atoms with van der Waals surface area (Å²) in [5, 5.41) is 13.2. The molecule has 3 rings (SSSR count). The maximum atomic E-state index is 15.6. The van der Waals surface area contributed by atoms with Crippen LogP contribution in [0.1, 0.15) is 33.9 Å². The first-order chi connectivity index (χ1) is 18.4. The number of aliphatic hydroxyl groups is 1. The highest BCUT2D eigenvalue weighted by Crippen LogP contribution is 2.47. The summed E-state index contributed by atoms with van der Waals surface area (Å²) in [6.45, 7) is 5.00. The topological polar surface area (TPSA) is 147 Å². The number of nitrogens with zero attached hydrogens (tertiary/aromatic N) is 2. The van der Waals surface area contributed by atoms with E-state index in [0.29, 0.717) is 0 Å². The number of carbonyl (C=O) groups is 1. The van der Waals surface area contributed by atoms with Gasteiger partial charge in [0.1, 0.15) is 24.0 Å². The molecule has 6 atom stereocenters. The SMILES string of the molecule is C#CCOc1ccn([C@@H]2O[C@H](CO[P@@](=O)(N[C@@H](C)C(=O)OC(C)C)Oc3ccccc3)[C@@H](O)[C@@]2(C)F)c(=O)n1. The van der Waals surface area contributed by atoms with Gasteiger partial charge in [0, 0.05) is 12.3 Å². The number of rotatable bonds is 12. The molecule has 2 N–H and O–H groups in total. The summed E-state index contributed by atoms with van der Waals surface area (Å²) < 4.78 is 57.0. The fourth-order valence-electron chi connectivity index (χ4n) is 3.63. The number of esters is 1. The Morgan fingerprint density at radius 1 is 1.33 bits per heavy atom. The molecule has 12 nitrogen and oxygen atoms in total. The summed E-state index contributed by atoms with van der Waals surface area (Å²) in [7, 11) is -4.31. The monoisotopic (exact) mass is 567 g/mol. The third-order valence-corrected chi connectivity index (χ3v) is 7.16. The minimum atomic E-state index is -4.31. The molecule has 0 saturated carbocycles. The minimum Gasteiger partial charge on any atom is -0.464 e. The predicted octanol–water partition coefficient (Wildman–Crippen LogP) is 2.38. The van der Waals surface area contributed by atoms with Gasteiger partial charge in [-0.05, 0) is 39.8 Å². The number of carbonyl (C=O) groups excluding carboxylic acids is 1. The summed E-state index contributed by atoms with van der Waals surface area (Å²) in [5.74, 6) is 1.61. The number of aliphatic hydroxyl groups excluding tert-OH is 1. The lowest BCUT2D eigenvalue weighted by Crippen LogP contribution is -2.43. The van der Waals surface area contributed by atoms with Crippen molar-refractivity contribution < 1.29 is 42.1 Å². The van der Waals surface area contributed by atoms with Crippen LogP contribution in [0.25, 0.3) is 0 Å². The molecule has 1 aliphatic heterocycles. The van der Waals surface area contributed by atoms with Crippen molar-refractivity contribution >= 4 is 13.7 Å². The number of aromatic nitrogens is 2. The highest BCUT2D eigenvalue weighted by Gasteiger charge is 2.56. The summed E-state index contributed by atoms with van der Waals surface area (Å²) >= 11 is 0. The lowest BCUT2D eigenvalue weighted by atomic mass is 9.98. The number of hydrogen-bond acceptors (Lipinski definition) is 10. The zero-order valence-corrected chi connectivity index (χ0v) is 22.7. The van der Waals surface area contributed by atoms with E-state index in [0.717, 1.165) is 11.5 Å². The van der Waals surface area contributed by atoms with Crippen LogP contribution in [0, 0.1) is 12.3 Å². The number of nitrogens with one attached hydrogen (secondary N) is 1. The number of hydrogen-bond donors (Lipinski definition) is 2. The molecule has 39 heavy (non-hydrogen) atoms. The van der Waals surface area contributed by atoms with Crippen LogP contribution in [0.2, 0.25) is 0 Å². The van der Waals surface area contributed by atoms with Crippen LogP contribution < -0.4 is 20.0 Å². The zero-order valence-electron chi connectivity index (χ0n) is 21.9. The summed E-state index contributed by atoms with van der Waals surface area (Å²) in [4.78, 5) is 28.5. The third-order valence-electron chi connectivity index (χ3n) is 5.51. The van der Waals surface area contributed by atoms with Gasteiger partial charge in [-0.2, -0.15) is 10.1 Å². The molecule has 212 valence electrons. The van der Waals surface area contributed by atoms with Crippen molar-refractivity contribution in [1.29, 1.82) is 0 Å². The molecule has 1 saturated heterocycles. The quantitative estimate of drug-likeness (QED) is 0.221. The minimum absolute atomic E-state index is 0.0663. The highest BCUT2D eigenvalue weighted by molar-refractivity contribution is 7.52. The number of benzene rings is 1. The fourth-order valence-corrected chi connectivity index (χ4v) is 5.13. The molecule has 2 heterocycles. The molecule has 0 bridgehead atoms. The van der Waals surface area contributed by atoms with Crippen LogP contribution in [0.15, 0.2) is 47.4 Å². The number of ether oxygens (including phenoxy) is 3. The molecule has 0 spiro atoms. The highest BCUT2D eigenvalue weighted by atomic mass is 31.2. The normalized spacial score (nSPS) is 24.9. The van der Waals surface area contributed by atoms with Gasteiger partial charge in [0.05, 0.1) is 12.7 Å². The lowest BCUT2D eigenvalue weighted by Gasteiger charge is -2.25. The smallest absolute Gasteiger partial charge is 0.459 e. The average Bonchev–Trinajstić information content (AvgIpc) is 3.10. The first kappa shape index (κ1) is 30.3. The van der Waals surface area contributed by atoms with Crippen molar-refractivity contribution in [3.63, 3.8) is 0 Å². The van der Waals surface area contributed by atoms with Gasteiger partial charge in [0.25, 0.3) is 0 Å². The van der Waals surface area contributed by atoms with E-state index in [-0.39, 0.29) is 18.2 Å². The van der Waals surface area contributed by atoms with E-state index >= 15 is 4.39 Å². The standard InChI is InChI=1S/C25H31FN3O9P/c1-6-14-34-20-12-13-29(24(32)27-20)23-25(5,26)21(30)19(37-23)15-35-39(33,38-18-10-8-7-9-11-18)28-17(4)22(31)36-16(2)3/h1,7-13,16-17,19,21,23,30H,14-15H2,2-5H3,(H,28,33)/t17-,19+,21+,23+,25+,39-/m0/s1. The van der Waals surface area contributed by atoms with Crippen molar-refractivity contribution in [2.75, 3.05) is 13.2 Å². The van der Waals surface area contributed by atoms with E-state index in [2.05, 4.69) is 16.0 Å². The first-order valence-corrected chi connectivity index (χ1v) is 13.6. The molecule has 1 aromatic carbocycles. The fraction of sp³-hybridized carbons (Fsp3) is 0.480. The van der Waals surface area contributed by atoms with E-state index in [4.69, 9.17) is 29.7 Å². The second-order valence-electron chi connectivity index (χ2n) is 9.11. The Labute approximate surface area is 225 Å². The molecule has 1 aromatic heterocycles. The number of alkyl halides is 1. The largest absolute Gasteiger partial charge is 0.464 e. The van der Waals surface area contributed by atoms with Crippen LogP contribution in [-0.4, -0.2) is 63.9 Å². The van der Waals surface area contributed by atoms with Gasteiger partial charge in [-0.3, -0.25) is 13.9 Å². The van der Waals surface area contributed by atoms with Gasteiger partial charge in [0.2, 0.25) is 5.88 Å². The zero-order chi connectivity index (χ0) is 28.8. The Morgan fingerprint density at radius 2 is 2.03 bits per heavy atom. The van der Waals surface area contributed by atoms with Crippen LogP contribution >= 0.6 is 7.75 Å². The van der Waals surface area contributed by atoms with E-state index in [9.17, 15) is 19.3 Å². The van der Waals surface area contributed by atoms with Gasteiger partial charge in [-0.15, -0.1) is 6.42 Å². The van der Waals surface area contributed by atoms with Crippen LogP contribution in [-0.2, 0) is 23.4 Å². The molecular weight excluding hydrogens is 536 g/mol. The Hall–Kier alpha value is -3.27. The number of halogens is 1. The Bertz CT molecular complexity index is 1280. The van der Waals surface area contributed by atoms with Crippen LogP contribution in [0.3, 0.4) is 0 Å². The Morgan fingerprint density at radius 3 is 2.64 bits per heavy atom. The van der Waals surface area contributed by atoms with Crippen molar-refractivity contribution in [3.8, 4) is 24.0 Å². The second kappa shape index (κ2) is 12.7. The lowest BCUT2D eigenvalue weighted by molar-refractivity contribution is -0.149. The summed E-state index contributed by atoms with van der Waals surface area (Å²) in [6, 6.07) is 8.18. The number of terminal acetylenes is 1. The molecule has 14 heteroatoms. The van der Waals surface area contributed by atoms with E-state index in [1.54, 1.807) is 32.0 Å². The maximum absolute atomic E-state index is 15.6. The molecule has 1 fully saturated rings. The second-order valence-corrected chi connectivity index (χ2v) is 10.8. The van der Waals surface area contributed by atoms with Gasteiger partial charge in [-0.1, -0.05) is 24.1 Å². The van der Waals surface area contributed by atoms with Crippen molar-refractivity contribution in [2.45, 2.75) is 63.9 Å². The van der Waals surface area contributed by atoms with Crippen molar-refractivity contribution in [3.05, 3.63) is 53.1 Å². The van der Waals surface area contributed by atoms with Gasteiger partial charge in [-0.25, -0.2) is 13.8 Å². The van der Waals surface area contributed by atoms with Gasteiger partial charge >= 0.3 is 19.4 Å². The van der Waals surface area contributed by atoms with Crippen molar-refractivity contribution in [2.24, 2.45) is 0 Å². The molecular formula is C25H31FN3O9P. The molecule has 0 unspecified atom stereocenters. The predicted molar refractivity (Wildman–Crippen MR) is 137 cm³/mol. The molecule has 0 radical (unpaired) electrons. The van der Waals surface area contributed by atoms with Crippen LogP contribution in [0.4, 0.5) is 4.39 Å². The van der Waals surface area contributed by atoms with Crippen LogP contribution in [0.5, 0.6) is 11.6 Å². The van der Waals surface area contributed by atoms with Gasteiger partial charge < -0.3 is 23.8 Å². The van der Waals surface area contributed by atoms with Crippen molar-refractivity contribution in [1.82, 2.24) is 14.6 Å². The first-order valence-electron chi connectivity index (χ1n) is 12.0. The molecule has 0 amide bonds. The summed E-state index contributed by atoms with van der Waals surface area (Å²) in [5.41, 5.74) is -3.39. The van der Waals surface area contributed by atoms with Gasteiger partial charge in [0.15, 0.2) is 18.5 Å². The summed E-state index contributed by atoms with van der Waals surface area (Å²) in [6.07, 6.45) is 1.09. The molecule has 0 aliphatic carbocycles. The average molecular weight is 568 g/mol.